The van der Waals surface area contributed by atoms with E-state index >= 15 is 0 Å². The summed E-state index contributed by atoms with van der Waals surface area (Å²) in [7, 11) is 0. The summed E-state index contributed by atoms with van der Waals surface area (Å²) in [6, 6.07) is 3.73. The molecule has 0 aromatic carbocycles. The molecule has 0 fully saturated rings. The largest absolute Gasteiger partial charge is 0.461 e. The number of hydrogen-bond donors (Lipinski definition) is 1. The summed E-state index contributed by atoms with van der Waals surface area (Å²) in [5.74, 6) is 2.38. The second-order valence-electron chi connectivity index (χ2n) is 4.58. The third-order valence-electron chi connectivity index (χ3n) is 2.74. The number of furan rings is 1. The van der Waals surface area contributed by atoms with Gasteiger partial charge in [-0.25, -0.2) is 0 Å². The van der Waals surface area contributed by atoms with Gasteiger partial charge in [-0.2, -0.15) is 4.98 Å². The highest BCUT2D eigenvalue weighted by molar-refractivity contribution is 7.98. The van der Waals surface area contributed by atoms with E-state index in [4.69, 9.17) is 14.7 Å². The molecule has 3 rings (SSSR count). The van der Waals surface area contributed by atoms with Crippen molar-refractivity contribution in [3.63, 3.8) is 0 Å². The molecule has 0 aliphatic rings. The lowest BCUT2D eigenvalue weighted by Gasteiger charge is -2.10. The zero-order valence-electron chi connectivity index (χ0n) is 11.6. The van der Waals surface area contributed by atoms with Crippen LogP contribution in [0.3, 0.4) is 0 Å². The molecular formula is C12H14N6O2S. The van der Waals surface area contributed by atoms with Gasteiger partial charge >= 0.3 is 0 Å². The maximum atomic E-state index is 5.79. The van der Waals surface area contributed by atoms with E-state index in [0.717, 1.165) is 5.16 Å². The van der Waals surface area contributed by atoms with Crippen LogP contribution in [0.15, 0.2) is 32.5 Å². The molecule has 0 saturated carbocycles. The first-order valence-corrected chi connectivity index (χ1v) is 7.33. The maximum absolute atomic E-state index is 5.79. The van der Waals surface area contributed by atoms with Crippen LogP contribution < -0.4 is 5.73 Å². The minimum absolute atomic E-state index is 0.184. The smallest absolute Gasteiger partial charge is 0.238 e. The van der Waals surface area contributed by atoms with Gasteiger partial charge in [-0.1, -0.05) is 16.9 Å². The number of nitrogens with zero attached hydrogens (tertiary/aromatic N) is 5. The standard InChI is InChI=1S/C12H14N6O2S/c1-7(2)18-11(13)15-16-12(18)21-6-9-14-10(17-20-9)8-4-3-5-19-8/h3-5,7H,6H2,1-2H3,(H2,13,15). The second-order valence-corrected chi connectivity index (χ2v) is 5.52. The molecule has 0 bridgehead atoms. The van der Waals surface area contributed by atoms with Crippen molar-refractivity contribution in [3.8, 4) is 11.6 Å². The Balaban J connectivity index is 1.71. The minimum atomic E-state index is 0.184. The minimum Gasteiger partial charge on any atom is -0.461 e. The van der Waals surface area contributed by atoms with Crippen LogP contribution in [0.5, 0.6) is 0 Å². The number of hydrogen-bond acceptors (Lipinski definition) is 8. The molecule has 3 aromatic heterocycles. The average Bonchev–Trinajstić information content (AvgIpc) is 3.16. The molecule has 0 aliphatic heterocycles. The Morgan fingerprint density at radius 3 is 2.95 bits per heavy atom. The van der Waals surface area contributed by atoms with Gasteiger partial charge in [0.1, 0.15) is 0 Å². The zero-order chi connectivity index (χ0) is 14.8. The van der Waals surface area contributed by atoms with Gasteiger partial charge in [0.15, 0.2) is 10.9 Å². The fourth-order valence-corrected chi connectivity index (χ4v) is 2.73. The Morgan fingerprint density at radius 2 is 2.24 bits per heavy atom. The van der Waals surface area contributed by atoms with E-state index in [9.17, 15) is 0 Å². The maximum Gasteiger partial charge on any atom is 0.238 e. The molecule has 3 heterocycles. The van der Waals surface area contributed by atoms with Crippen molar-refractivity contribution in [2.24, 2.45) is 0 Å². The highest BCUT2D eigenvalue weighted by atomic mass is 32.2. The van der Waals surface area contributed by atoms with Crippen LogP contribution >= 0.6 is 11.8 Å². The zero-order valence-corrected chi connectivity index (χ0v) is 12.4. The van der Waals surface area contributed by atoms with Crippen LogP contribution in [-0.2, 0) is 5.75 Å². The molecule has 3 aromatic rings. The van der Waals surface area contributed by atoms with Crippen LogP contribution in [-0.4, -0.2) is 24.9 Å². The fraction of sp³-hybridized carbons (Fsp3) is 0.333. The van der Waals surface area contributed by atoms with Crippen molar-refractivity contribution in [3.05, 3.63) is 24.3 Å². The average molecular weight is 306 g/mol. The van der Waals surface area contributed by atoms with Gasteiger partial charge in [0.05, 0.1) is 12.0 Å². The van der Waals surface area contributed by atoms with Gasteiger partial charge in [0, 0.05) is 6.04 Å². The van der Waals surface area contributed by atoms with Gasteiger partial charge in [-0.05, 0) is 26.0 Å². The molecular weight excluding hydrogens is 292 g/mol. The summed E-state index contributed by atoms with van der Waals surface area (Å²) in [5.41, 5.74) is 5.79. The number of rotatable bonds is 5. The van der Waals surface area contributed by atoms with Gasteiger partial charge < -0.3 is 14.7 Å². The van der Waals surface area contributed by atoms with Crippen molar-refractivity contribution in [1.29, 1.82) is 0 Å². The number of nitrogens with two attached hydrogens (primary N) is 1. The van der Waals surface area contributed by atoms with Crippen molar-refractivity contribution < 1.29 is 8.94 Å². The lowest BCUT2D eigenvalue weighted by molar-refractivity contribution is 0.390. The molecule has 0 saturated heterocycles. The van der Waals surface area contributed by atoms with Gasteiger partial charge in [0.25, 0.3) is 0 Å². The van der Waals surface area contributed by atoms with E-state index in [0.29, 0.717) is 29.2 Å². The number of thioether (sulfide) groups is 1. The van der Waals surface area contributed by atoms with Gasteiger partial charge in [-0.15, -0.1) is 10.2 Å². The molecule has 8 nitrogen and oxygen atoms in total. The predicted molar refractivity (Wildman–Crippen MR) is 76.4 cm³/mol. The van der Waals surface area contributed by atoms with E-state index in [1.807, 2.05) is 18.4 Å². The lowest BCUT2D eigenvalue weighted by Crippen LogP contribution is -2.07. The lowest BCUT2D eigenvalue weighted by atomic mass is 10.4. The van der Waals surface area contributed by atoms with Crippen LogP contribution in [0.2, 0.25) is 0 Å². The molecule has 110 valence electrons. The summed E-state index contributed by atoms with van der Waals surface area (Å²) >= 11 is 1.44. The van der Waals surface area contributed by atoms with Crippen molar-refractivity contribution in [1.82, 2.24) is 24.9 Å². The quantitative estimate of drug-likeness (QED) is 0.715. The SMILES string of the molecule is CC(C)n1c(N)nnc1SCc1nc(-c2ccco2)no1. The van der Waals surface area contributed by atoms with Crippen LogP contribution in [0.4, 0.5) is 5.95 Å². The first kappa shape index (κ1) is 13.7. The van der Waals surface area contributed by atoms with Crippen molar-refractivity contribution in [2.45, 2.75) is 30.8 Å². The topological polar surface area (TPSA) is 109 Å². The monoisotopic (exact) mass is 306 g/mol. The van der Waals surface area contributed by atoms with Crippen LogP contribution in [0, 0.1) is 0 Å². The Kier molecular flexibility index (Phi) is 3.65. The number of anilines is 1. The summed E-state index contributed by atoms with van der Waals surface area (Å²) in [6.07, 6.45) is 1.56. The highest BCUT2D eigenvalue weighted by Crippen LogP contribution is 2.26. The molecule has 0 aliphatic carbocycles. The Hall–Kier alpha value is -2.29. The second kappa shape index (κ2) is 5.60. The van der Waals surface area contributed by atoms with E-state index in [1.54, 1.807) is 18.4 Å². The van der Waals surface area contributed by atoms with Crippen molar-refractivity contribution >= 4 is 17.7 Å². The van der Waals surface area contributed by atoms with Gasteiger partial charge in [0.2, 0.25) is 17.7 Å². The van der Waals surface area contributed by atoms with Crippen LogP contribution in [0.1, 0.15) is 25.8 Å². The third kappa shape index (κ3) is 2.77. The molecule has 0 atom stereocenters. The van der Waals surface area contributed by atoms with Crippen molar-refractivity contribution in [2.75, 3.05) is 5.73 Å². The molecule has 0 spiro atoms. The first-order valence-electron chi connectivity index (χ1n) is 6.35. The van der Waals surface area contributed by atoms with Gasteiger partial charge in [-0.3, -0.25) is 4.57 Å². The third-order valence-corrected chi connectivity index (χ3v) is 3.67. The van der Waals surface area contributed by atoms with E-state index < -0.39 is 0 Å². The number of nitrogen functional groups attached to an aromatic ring is 1. The first-order chi connectivity index (χ1) is 10.1. The molecule has 2 N–H and O–H groups in total. The van der Waals surface area contributed by atoms with Crippen LogP contribution in [0.25, 0.3) is 11.6 Å². The molecule has 0 amide bonds. The Morgan fingerprint density at radius 1 is 1.38 bits per heavy atom. The van der Waals surface area contributed by atoms with E-state index in [1.165, 1.54) is 11.8 Å². The van der Waals surface area contributed by atoms with E-state index in [2.05, 4.69) is 20.3 Å². The van der Waals surface area contributed by atoms with E-state index in [-0.39, 0.29) is 6.04 Å². The Bertz CT molecular complexity index is 718. The summed E-state index contributed by atoms with van der Waals surface area (Å²) in [6.45, 7) is 4.04. The molecule has 0 radical (unpaired) electrons. The number of aromatic nitrogens is 5. The molecule has 0 unspecified atom stereocenters. The summed E-state index contributed by atoms with van der Waals surface area (Å²) in [5, 5.41) is 12.5. The predicted octanol–water partition coefficient (Wildman–Crippen LogP) is 2.38. The molecule has 9 heteroatoms. The fourth-order valence-electron chi connectivity index (χ4n) is 1.82. The Labute approximate surface area is 124 Å². The summed E-state index contributed by atoms with van der Waals surface area (Å²) in [4.78, 5) is 4.27. The summed E-state index contributed by atoms with van der Waals surface area (Å²) < 4.78 is 12.3. The molecule has 21 heavy (non-hydrogen) atoms. The highest BCUT2D eigenvalue weighted by Gasteiger charge is 2.16. The normalized spacial score (nSPS) is 11.4.